The molecule has 21 heavy (non-hydrogen) atoms. The maximum atomic E-state index is 12.5. The second-order valence-corrected chi connectivity index (χ2v) is 8.52. The molecule has 0 fully saturated rings. The second kappa shape index (κ2) is 5.79. The van der Waals surface area contributed by atoms with Crippen LogP contribution in [0.2, 0.25) is 0 Å². The van der Waals surface area contributed by atoms with E-state index in [1.807, 2.05) is 0 Å². The fourth-order valence-corrected chi connectivity index (χ4v) is 5.00. The number of hydrogen-bond acceptors (Lipinski definition) is 5. The zero-order valence-corrected chi connectivity index (χ0v) is 15.6. The average Bonchev–Trinajstić information content (AvgIpc) is 2.40. The Morgan fingerprint density at radius 1 is 0.714 bits per heavy atom. The first-order chi connectivity index (χ1) is 9.64. The zero-order chi connectivity index (χ0) is 15.9. The SMILES string of the molecule is O=S(=O)(c1cc(O)c(O)c(Br)c1)c1cc(Br)c(O)c(Br)c1. The highest BCUT2D eigenvalue weighted by Gasteiger charge is 2.23. The molecule has 0 aromatic heterocycles. The van der Waals surface area contributed by atoms with E-state index in [4.69, 9.17) is 0 Å². The van der Waals surface area contributed by atoms with Gasteiger partial charge in [-0.15, -0.1) is 0 Å². The highest BCUT2D eigenvalue weighted by molar-refractivity contribution is 9.11. The first-order valence-electron chi connectivity index (χ1n) is 5.29. The van der Waals surface area contributed by atoms with E-state index in [0.717, 1.165) is 6.07 Å². The number of benzene rings is 2. The summed E-state index contributed by atoms with van der Waals surface area (Å²) in [5.41, 5.74) is 0. The maximum absolute atomic E-state index is 12.5. The van der Waals surface area contributed by atoms with E-state index in [1.54, 1.807) is 0 Å². The third kappa shape index (κ3) is 3.05. The summed E-state index contributed by atoms with van der Waals surface area (Å²) in [5, 5.41) is 28.6. The van der Waals surface area contributed by atoms with Crippen molar-refractivity contribution in [1.29, 1.82) is 0 Å². The molecule has 0 amide bonds. The monoisotopic (exact) mass is 500 g/mol. The van der Waals surface area contributed by atoms with Crippen LogP contribution in [0.3, 0.4) is 0 Å². The Hall–Kier alpha value is -0.770. The third-order valence-corrected chi connectivity index (χ3v) is 6.15. The van der Waals surface area contributed by atoms with E-state index in [1.165, 1.54) is 18.2 Å². The Balaban J connectivity index is 2.68. The molecular weight excluding hydrogens is 496 g/mol. The van der Waals surface area contributed by atoms with Crippen LogP contribution in [0.25, 0.3) is 0 Å². The summed E-state index contributed by atoms with van der Waals surface area (Å²) in [4.78, 5) is -0.287. The number of hydrogen-bond donors (Lipinski definition) is 3. The first-order valence-corrected chi connectivity index (χ1v) is 9.15. The van der Waals surface area contributed by atoms with Crippen LogP contribution in [0.1, 0.15) is 0 Å². The highest BCUT2D eigenvalue weighted by Crippen LogP contribution is 2.40. The Morgan fingerprint density at radius 2 is 1.10 bits per heavy atom. The fourth-order valence-electron chi connectivity index (χ4n) is 1.55. The molecule has 112 valence electrons. The van der Waals surface area contributed by atoms with E-state index in [2.05, 4.69) is 47.8 Å². The van der Waals surface area contributed by atoms with Gasteiger partial charge in [-0.05, 0) is 66.0 Å². The summed E-state index contributed by atoms with van der Waals surface area (Å²) < 4.78 is 25.5. The van der Waals surface area contributed by atoms with Crippen molar-refractivity contribution in [2.45, 2.75) is 9.79 Å². The second-order valence-electron chi connectivity index (χ2n) is 4.01. The number of rotatable bonds is 2. The maximum Gasteiger partial charge on any atom is 0.206 e. The lowest BCUT2D eigenvalue weighted by Gasteiger charge is -2.09. The summed E-state index contributed by atoms with van der Waals surface area (Å²) in [5.74, 6) is -1.12. The van der Waals surface area contributed by atoms with Gasteiger partial charge in [-0.25, -0.2) is 8.42 Å². The van der Waals surface area contributed by atoms with E-state index < -0.39 is 21.3 Å². The molecule has 0 aliphatic carbocycles. The molecule has 0 saturated heterocycles. The van der Waals surface area contributed by atoms with Crippen molar-refractivity contribution in [3.05, 3.63) is 37.7 Å². The van der Waals surface area contributed by atoms with Crippen LogP contribution in [0.5, 0.6) is 17.2 Å². The Morgan fingerprint density at radius 3 is 1.52 bits per heavy atom. The Kier molecular flexibility index (Phi) is 4.57. The fraction of sp³-hybridized carbons (Fsp3) is 0. The molecule has 2 aromatic carbocycles. The quantitative estimate of drug-likeness (QED) is 0.541. The van der Waals surface area contributed by atoms with E-state index in [9.17, 15) is 23.7 Å². The van der Waals surface area contributed by atoms with Gasteiger partial charge < -0.3 is 15.3 Å². The van der Waals surface area contributed by atoms with Gasteiger partial charge in [-0.3, -0.25) is 0 Å². The first kappa shape index (κ1) is 16.6. The summed E-state index contributed by atoms with van der Waals surface area (Å²) in [6.45, 7) is 0. The number of phenols is 3. The van der Waals surface area contributed by atoms with Crippen molar-refractivity contribution >= 4 is 57.6 Å². The van der Waals surface area contributed by atoms with Crippen molar-refractivity contribution < 1.29 is 23.7 Å². The summed E-state index contributed by atoms with van der Waals surface area (Å²) in [7, 11) is -3.93. The summed E-state index contributed by atoms with van der Waals surface area (Å²) in [6.07, 6.45) is 0. The summed E-state index contributed by atoms with van der Waals surface area (Å²) >= 11 is 9.09. The lowest BCUT2D eigenvalue weighted by atomic mass is 10.3. The van der Waals surface area contributed by atoms with E-state index in [-0.39, 0.29) is 29.0 Å². The summed E-state index contributed by atoms with van der Waals surface area (Å²) in [6, 6.07) is 4.61. The van der Waals surface area contributed by atoms with Gasteiger partial charge in [0, 0.05) is 6.07 Å². The largest absolute Gasteiger partial charge is 0.506 e. The minimum absolute atomic E-state index is 0.0537. The van der Waals surface area contributed by atoms with Crippen molar-refractivity contribution in [1.82, 2.24) is 0 Å². The van der Waals surface area contributed by atoms with Crippen LogP contribution in [-0.2, 0) is 9.84 Å². The predicted octanol–water partition coefficient (Wildman–Crippen LogP) is 3.92. The van der Waals surface area contributed by atoms with Crippen LogP contribution in [0.15, 0.2) is 47.5 Å². The molecule has 3 N–H and O–H groups in total. The van der Waals surface area contributed by atoms with Crippen LogP contribution in [0.4, 0.5) is 0 Å². The van der Waals surface area contributed by atoms with E-state index in [0.29, 0.717) is 0 Å². The Labute approximate surface area is 145 Å². The van der Waals surface area contributed by atoms with Gasteiger partial charge in [-0.1, -0.05) is 0 Å². The predicted molar refractivity (Wildman–Crippen MR) is 86.4 cm³/mol. The van der Waals surface area contributed by atoms with Crippen LogP contribution in [0, 0.1) is 0 Å². The Bertz CT molecular complexity index is 723. The van der Waals surface area contributed by atoms with Gasteiger partial charge in [0.2, 0.25) is 9.84 Å². The van der Waals surface area contributed by atoms with Crippen molar-refractivity contribution in [2.75, 3.05) is 0 Å². The molecule has 0 aliphatic heterocycles. The van der Waals surface area contributed by atoms with Crippen molar-refractivity contribution in [3.8, 4) is 17.2 Å². The molecule has 0 unspecified atom stereocenters. The van der Waals surface area contributed by atoms with Crippen LogP contribution in [-0.4, -0.2) is 23.7 Å². The van der Waals surface area contributed by atoms with Crippen LogP contribution >= 0.6 is 47.8 Å². The number of halogens is 3. The molecule has 0 atom stereocenters. The minimum atomic E-state index is -3.93. The van der Waals surface area contributed by atoms with Crippen LogP contribution < -0.4 is 0 Å². The lowest BCUT2D eigenvalue weighted by molar-refractivity contribution is 0.400. The molecule has 0 heterocycles. The normalized spacial score (nSPS) is 11.6. The van der Waals surface area contributed by atoms with E-state index >= 15 is 0 Å². The topological polar surface area (TPSA) is 94.8 Å². The number of sulfone groups is 1. The minimum Gasteiger partial charge on any atom is -0.506 e. The van der Waals surface area contributed by atoms with Gasteiger partial charge in [0.15, 0.2) is 11.5 Å². The van der Waals surface area contributed by atoms with Gasteiger partial charge in [0.05, 0.1) is 23.2 Å². The van der Waals surface area contributed by atoms with Crippen molar-refractivity contribution in [3.63, 3.8) is 0 Å². The van der Waals surface area contributed by atoms with Gasteiger partial charge >= 0.3 is 0 Å². The standard InChI is InChI=1S/C12H7Br3O5S/c13-7-1-5(2-8(14)11(7)17)21(19,20)6-3-9(15)12(18)10(16)4-6/h1-4,16-18H. The molecule has 0 spiro atoms. The average molecular weight is 503 g/mol. The molecule has 9 heteroatoms. The molecule has 2 rings (SSSR count). The molecule has 0 bridgehead atoms. The zero-order valence-electron chi connectivity index (χ0n) is 10.0. The van der Waals surface area contributed by atoms with Gasteiger partial charge in [-0.2, -0.15) is 0 Å². The molecule has 5 nitrogen and oxygen atoms in total. The molecule has 0 saturated carbocycles. The third-order valence-electron chi connectivity index (χ3n) is 2.63. The lowest BCUT2D eigenvalue weighted by Crippen LogP contribution is -2.02. The smallest absolute Gasteiger partial charge is 0.206 e. The molecule has 0 radical (unpaired) electrons. The molecule has 2 aromatic rings. The number of aromatic hydroxyl groups is 3. The molecular formula is C12H7Br3O5S. The van der Waals surface area contributed by atoms with Gasteiger partial charge in [0.1, 0.15) is 5.75 Å². The van der Waals surface area contributed by atoms with Gasteiger partial charge in [0.25, 0.3) is 0 Å². The highest BCUT2D eigenvalue weighted by atomic mass is 79.9. The molecule has 0 aliphatic rings. The number of phenolic OH excluding ortho intramolecular Hbond substituents is 3. The van der Waals surface area contributed by atoms with Crippen molar-refractivity contribution in [2.24, 2.45) is 0 Å².